The Labute approximate surface area is 98.7 Å². The van der Waals surface area contributed by atoms with Crippen LogP contribution in [0.5, 0.6) is 5.75 Å². The number of para-hydroxylation sites is 1. The SMILES string of the molecule is COc1cccc2c(=O)ccn(CCC#N)c12. The normalized spacial score (nSPS) is 10.1. The van der Waals surface area contributed by atoms with Crippen LogP contribution < -0.4 is 10.2 Å². The van der Waals surface area contributed by atoms with E-state index in [1.807, 2.05) is 10.6 Å². The number of aryl methyl sites for hydroxylation is 1. The van der Waals surface area contributed by atoms with E-state index >= 15 is 0 Å². The Morgan fingerprint density at radius 1 is 1.41 bits per heavy atom. The van der Waals surface area contributed by atoms with Gasteiger partial charge in [-0.3, -0.25) is 4.79 Å². The van der Waals surface area contributed by atoms with E-state index in [1.165, 1.54) is 6.07 Å². The van der Waals surface area contributed by atoms with Crippen LogP contribution >= 0.6 is 0 Å². The number of aromatic nitrogens is 1. The number of hydrogen-bond acceptors (Lipinski definition) is 3. The second-order valence-corrected chi connectivity index (χ2v) is 3.64. The minimum atomic E-state index is -0.0351. The van der Waals surface area contributed by atoms with Crippen LogP contribution in [0.2, 0.25) is 0 Å². The van der Waals surface area contributed by atoms with Crippen LogP contribution in [0.25, 0.3) is 10.9 Å². The highest BCUT2D eigenvalue weighted by molar-refractivity contribution is 5.84. The van der Waals surface area contributed by atoms with Crippen molar-refractivity contribution in [3.8, 4) is 11.8 Å². The standard InChI is InChI=1S/C13H12N2O2/c1-17-12-5-2-4-10-11(16)6-9-15(13(10)12)8-3-7-14/h2,4-6,9H,3,8H2,1H3. The number of ether oxygens (including phenoxy) is 1. The number of benzene rings is 1. The van der Waals surface area contributed by atoms with Crippen LogP contribution in [0.4, 0.5) is 0 Å². The highest BCUT2D eigenvalue weighted by Gasteiger charge is 2.07. The lowest BCUT2D eigenvalue weighted by molar-refractivity contribution is 0.417. The molecule has 0 unspecified atom stereocenters. The van der Waals surface area contributed by atoms with Gasteiger partial charge in [0.25, 0.3) is 0 Å². The predicted octanol–water partition coefficient (Wildman–Crippen LogP) is 1.92. The Balaban J connectivity index is 2.73. The van der Waals surface area contributed by atoms with E-state index in [0.717, 1.165) is 5.52 Å². The summed E-state index contributed by atoms with van der Waals surface area (Å²) in [6, 6.07) is 8.97. The molecule has 2 aromatic rings. The van der Waals surface area contributed by atoms with E-state index in [-0.39, 0.29) is 5.43 Å². The minimum absolute atomic E-state index is 0.0351. The first-order valence-corrected chi connectivity index (χ1v) is 5.31. The van der Waals surface area contributed by atoms with Crippen molar-refractivity contribution < 1.29 is 4.74 Å². The Morgan fingerprint density at radius 2 is 2.24 bits per heavy atom. The molecule has 0 saturated heterocycles. The van der Waals surface area contributed by atoms with E-state index < -0.39 is 0 Å². The second kappa shape index (κ2) is 4.71. The number of nitrogens with zero attached hydrogens (tertiary/aromatic N) is 2. The molecule has 17 heavy (non-hydrogen) atoms. The highest BCUT2D eigenvalue weighted by Crippen LogP contribution is 2.23. The third kappa shape index (κ3) is 2.00. The molecule has 0 N–H and O–H groups in total. The van der Waals surface area contributed by atoms with Gasteiger partial charge in [0.15, 0.2) is 5.43 Å². The van der Waals surface area contributed by atoms with Crippen molar-refractivity contribution in [1.82, 2.24) is 4.57 Å². The zero-order valence-electron chi connectivity index (χ0n) is 9.51. The molecule has 1 aromatic heterocycles. The van der Waals surface area contributed by atoms with Gasteiger partial charge in [-0.05, 0) is 12.1 Å². The van der Waals surface area contributed by atoms with Gasteiger partial charge in [0.1, 0.15) is 5.75 Å². The molecule has 0 bridgehead atoms. The number of fused-ring (bicyclic) bond motifs is 1. The van der Waals surface area contributed by atoms with Gasteiger partial charge < -0.3 is 9.30 Å². The van der Waals surface area contributed by atoms with Crippen molar-refractivity contribution >= 4 is 10.9 Å². The van der Waals surface area contributed by atoms with Gasteiger partial charge >= 0.3 is 0 Å². The maximum absolute atomic E-state index is 11.7. The second-order valence-electron chi connectivity index (χ2n) is 3.64. The topological polar surface area (TPSA) is 55.0 Å². The molecule has 4 nitrogen and oxygen atoms in total. The molecular weight excluding hydrogens is 216 g/mol. The van der Waals surface area contributed by atoms with Crippen LogP contribution in [0, 0.1) is 11.3 Å². The smallest absolute Gasteiger partial charge is 0.189 e. The Hall–Kier alpha value is -2.28. The van der Waals surface area contributed by atoms with Gasteiger partial charge in [0.2, 0.25) is 0 Å². The summed E-state index contributed by atoms with van der Waals surface area (Å²) < 4.78 is 7.13. The molecule has 0 fully saturated rings. The van der Waals surface area contributed by atoms with E-state index in [0.29, 0.717) is 24.1 Å². The molecular formula is C13H12N2O2. The number of nitriles is 1. The molecule has 1 aromatic carbocycles. The lowest BCUT2D eigenvalue weighted by atomic mass is 10.2. The molecule has 0 radical (unpaired) electrons. The van der Waals surface area contributed by atoms with E-state index in [1.54, 1.807) is 25.4 Å². The van der Waals surface area contributed by atoms with Gasteiger partial charge in [0.05, 0.1) is 25.1 Å². The summed E-state index contributed by atoms with van der Waals surface area (Å²) in [5.74, 6) is 0.651. The molecule has 0 aliphatic carbocycles. The van der Waals surface area contributed by atoms with Crippen molar-refractivity contribution in [3.63, 3.8) is 0 Å². The zero-order chi connectivity index (χ0) is 12.3. The number of rotatable bonds is 3. The summed E-state index contributed by atoms with van der Waals surface area (Å²) in [5, 5.41) is 9.24. The molecule has 0 amide bonds. The summed E-state index contributed by atoms with van der Waals surface area (Å²) in [7, 11) is 1.57. The Bertz CT molecular complexity index is 638. The quantitative estimate of drug-likeness (QED) is 0.806. The summed E-state index contributed by atoms with van der Waals surface area (Å²) in [6.45, 7) is 0.549. The van der Waals surface area contributed by atoms with Crippen LogP contribution in [-0.4, -0.2) is 11.7 Å². The first-order chi connectivity index (χ1) is 8.27. The van der Waals surface area contributed by atoms with Crippen LogP contribution in [0.3, 0.4) is 0 Å². The molecule has 2 rings (SSSR count). The Morgan fingerprint density at radius 3 is 2.94 bits per heavy atom. The van der Waals surface area contributed by atoms with E-state index in [9.17, 15) is 4.79 Å². The number of methoxy groups -OCH3 is 1. The fourth-order valence-electron chi connectivity index (χ4n) is 1.86. The van der Waals surface area contributed by atoms with Crippen LogP contribution in [0.15, 0.2) is 35.3 Å². The summed E-state index contributed by atoms with van der Waals surface area (Å²) in [5.41, 5.74) is 0.713. The molecule has 0 saturated carbocycles. The van der Waals surface area contributed by atoms with Crippen LogP contribution in [0.1, 0.15) is 6.42 Å². The van der Waals surface area contributed by atoms with Gasteiger partial charge in [-0.2, -0.15) is 5.26 Å². The minimum Gasteiger partial charge on any atom is -0.495 e. The first kappa shape index (κ1) is 11.2. The van der Waals surface area contributed by atoms with Crippen molar-refractivity contribution in [2.75, 3.05) is 7.11 Å². The molecule has 1 heterocycles. The molecule has 4 heteroatoms. The predicted molar refractivity (Wildman–Crippen MR) is 65.0 cm³/mol. The van der Waals surface area contributed by atoms with Gasteiger partial charge in [-0.25, -0.2) is 0 Å². The zero-order valence-corrected chi connectivity index (χ0v) is 9.51. The van der Waals surface area contributed by atoms with Crippen molar-refractivity contribution in [2.24, 2.45) is 0 Å². The van der Waals surface area contributed by atoms with Crippen molar-refractivity contribution in [3.05, 3.63) is 40.7 Å². The molecule has 0 aliphatic heterocycles. The lowest BCUT2D eigenvalue weighted by Crippen LogP contribution is -2.09. The summed E-state index contributed by atoms with van der Waals surface area (Å²) in [6.07, 6.45) is 2.10. The molecule has 86 valence electrons. The van der Waals surface area contributed by atoms with Crippen molar-refractivity contribution in [1.29, 1.82) is 5.26 Å². The maximum Gasteiger partial charge on any atom is 0.189 e. The Kier molecular flexibility index (Phi) is 3.10. The molecule has 0 spiro atoms. The van der Waals surface area contributed by atoms with E-state index in [2.05, 4.69) is 6.07 Å². The average Bonchev–Trinajstić information content (AvgIpc) is 2.37. The third-order valence-corrected chi connectivity index (χ3v) is 2.64. The highest BCUT2D eigenvalue weighted by atomic mass is 16.5. The van der Waals surface area contributed by atoms with Crippen LogP contribution in [-0.2, 0) is 6.54 Å². The largest absolute Gasteiger partial charge is 0.495 e. The molecule has 0 atom stereocenters. The number of pyridine rings is 1. The van der Waals surface area contributed by atoms with Gasteiger partial charge in [0, 0.05) is 24.2 Å². The first-order valence-electron chi connectivity index (χ1n) is 5.31. The van der Waals surface area contributed by atoms with Gasteiger partial charge in [-0.1, -0.05) is 6.07 Å². The van der Waals surface area contributed by atoms with E-state index in [4.69, 9.17) is 10.00 Å². The monoisotopic (exact) mass is 228 g/mol. The molecule has 0 aliphatic rings. The lowest BCUT2D eigenvalue weighted by Gasteiger charge is -2.12. The fourth-order valence-corrected chi connectivity index (χ4v) is 1.86. The maximum atomic E-state index is 11.7. The average molecular weight is 228 g/mol. The fraction of sp³-hybridized carbons (Fsp3) is 0.231. The van der Waals surface area contributed by atoms with Gasteiger partial charge in [-0.15, -0.1) is 0 Å². The third-order valence-electron chi connectivity index (χ3n) is 2.64. The van der Waals surface area contributed by atoms with Crippen molar-refractivity contribution in [2.45, 2.75) is 13.0 Å². The summed E-state index contributed by atoms with van der Waals surface area (Å²) >= 11 is 0. The number of hydrogen-bond donors (Lipinski definition) is 0. The summed E-state index contributed by atoms with van der Waals surface area (Å²) in [4.78, 5) is 11.7.